The van der Waals surface area contributed by atoms with Crippen molar-refractivity contribution in [3.63, 3.8) is 0 Å². The third-order valence-electron chi connectivity index (χ3n) is 3.75. The van der Waals surface area contributed by atoms with Gasteiger partial charge in [0.2, 0.25) is 0 Å². The molecule has 0 saturated carbocycles. The second-order valence-corrected chi connectivity index (χ2v) is 6.38. The van der Waals surface area contributed by atoms with Crippen molar-refractivity contribution in [3.8, 4) is 0 Å². The predicted molar refractivity (Wildman–Crippen MR) is 82.5 cm³/mol. The molecule has 21 heavy (non-hydrogen) atoms. The van der Waals surface area contributed by atoms with Crippen LogP contribution in [-0.4, -0.2) is 11.8 Å². The lowest BCUT2D eigenvalue weighted by Crippen LogP contribution is -2.26. The zero-order chi connectivity index (χ0) is 15.0. The smallest absolute Gasteiger partial charge is 0.261 e. The summed E-state index contributed by atoms with van der Waals surface area (Å²) in [6, 6.07) is 9.62. The number of thiophene rings is 1. The monoisotopic (exact) mass is 300 g/mol. The van der Waals surface area contributed by atoms with Crippen LogP contribution in [0.2, 0.25) is 0 Å². The molecule has 0 aliphatic heterocycles. The van der Waals surface area contributed by atoms with Crippen LogP contribution < -0.4 is 11.1 Å². The number of aryl methyl sites for hydroxylation is 2. The highest BCUT2D eigenvalue weighted by Gasteiger charge is 2.24. The predicted octanol–water partition coefficient (Wildman–Crippen LogP) is 2.57. The molecule has 0 spiro atoms. The highest BCUT2D eigenvalue weighted by molar-refractivity contribution is 7.15. The molecule has 0 radical (unpaired) electrons. The van der Waals surface area contributed by atoms with E-state index in [0.717, 1.165) is 24.2 Å². The second kappa shape index (κ2) is 5.33. The first-order chi connectivity index (χ1) is 10.0. The van der Waals surface area contributed by atoms with E-state index >= 15 is 0 Å². The van der Waals surface area contributed by atoms with Crippen LogP contribution in [0.25, 0.3) is 0 Å². The van der Waals surface area contributed by atoms with E-state index < -0.39 is 5.91 Å². The molecule has 0 fully saturated rings. The van der Waals surface area contributed by atoms with Crippen LogP contribution in [0.1, 0.15) is 48.5 Å². The number of carbonyl (C=O) groups excluding carboxylic acids is 2. The Kier molecular flexibility index (Phi) is 3.51. The van der Waals surface area contributed by atoms with Gasteiger partial charge in [0.1, 0.15) is 0 Å². The number of fused-ring (bicyclic) bond motifs is 1. The third-order valence-corrected chi connectivity index (χ3v) is 4.85. The number of amides is 2. The molecule has 3 rings (SSSR count). The van der Waals surface area contributed by atoms with E-state index in [2.05, 4.69) is 30.4 Å². The summed E-state index contributed by atoms with van der Waals surface area (Å²) in [5, 5.41) is 3.04. The van der Waals surface area contributed by atoms with Gasteiger partial charge in [0.25, 0.3) is 11.8 Å². The van der Waals surface area contributed by atoms with E-state index in [4.69, 9.17) is 5.73 Å². The van der Waals surface area contributed by atoms with Gasteiger partial charge in [-0.3, -0.25) is 9.59 Å². The molecule has 108 valence electrons. The van der Waals surface area contributed by atoms with E-state index in [1.807, 2.05) is 0 Å². The van der Waals surface area contributed by atoms with Gasteiger partial charge in [-0.25, -0.2) is 0 Å². The number of benzene rings is 1. The summed E-state index contributed by atoms with van der Waals surface area (Å²) in [7, 11) is 0. The van der Waals surface area contributed by atoms with Gasteiger partial charge in [0, 0.05) is 0 Å². The summed E-state index contributed by atoms with van der Waals surface area (Å²) in [6.45, 7) is 2.07. The molecular weight excluding hydrogens is 284 g/mol. The van der Waals surface area contributed by atoms with Gasteiger partial charge in [-0.15, -0.1) is 11.3 Å². The molecule has 2 amide bonds. The lowest BCUT2D eigenvalue weighted by molar-refractivity contribution is 0.0940. The summed E-state index contributed by atoms with van der Waals surface area (Å²) in [4.78, 5) is 24.3. The van der Waals surface area contributed by atoms with Crippen LogP contribution in [0, 0.1) is 6.92 Å². The van der Waals surface area contributed by atoms with Gasteiger partial charge >= 0.3 is 0 Å². The molecule has 0 unspecified atom stereocenters. The first kappa shape index (κ1) is 13.8. The standard InChI is InChI=1S/C16H16N2O2S/c1-9-2-4-11-10(8-9)3-5-12(11)18-16(20)14-7-6-13(21-14)15(17)19/h2,4,6-8,12H,3,5H2,1H3,(H2,17,19)(H,18,20)/t12-/m1/s1. The molecule has 0 bridgehead atoms. The lowest BCUT2D eigenvalue weighted by Gasteiger charge is -2.13. The Labute approximate surface area is 127 Å². The molecule has 1 aromatic heterocycles. The molecular formula is C16H16N2O2S. The maximum Gasteiger partial charge on any atom is 0.261 e. The van der Waals surface area contributed by atoms with E-state index in [1.165, 1.54) is 16.7 Å². The minimum absolute atomic E-state index is 0.0484. The van der Waals surface area contributed by atoms with Gasteiger partial charge in [0.05, 0.1) is 15.8 Å². The molecule has 5 heteroatoms. The number of hydrogen-bond acceptors (Lipinski definition) is 3. The average Bonchev–Trinajstić information content (AvgIpc) is 3.06. The molecule has 1 aliphatic carbocycles. The fourth-order valence-electron chi connectivity index (χ4n) is 2.72. The summed E-state index contributed by atoms with van der Waals surface area (Å²) in [5.41, 5.74) is 8.95. The van der Waals surface area contributed by atoms with E-state index in [-0.39, 0.29) is 11.9 Å². The van der Waals surface area contributed by atoms with Crippen molar-refractivity contribution in [1.82, 2.24) is 5.32 Å². The first-order valence-electron chi connectivity index (χ1n) is 6.84. The van der Waals surface area contributed by atoms with Crippen molar-refractivity contribution in [3.05, 3.63) is 56.8 Å². The summed E-state index contributed by atoms with van der Waals surface area (Å²) in [6.07, 6.45) is 1.90. The van der Waals surface area contributed by atoms with Crippen LogP contribution in [0.3, 0.4) is 0 Å². The fraction of sp³-hybridized carbons (Fsp3) is 0.250. The van der Waals surface area contributed by atoms with Crippen LogP contribution in [-0.2, 0) is 6.42 Å². The molecule has 2 aromatic rings. The van der Waals surface area contributed by atoms with Gasteiger partial charge in [0.15, 0.2) is 0 Å². The largest absolute Gasteiger partial charge is 0.365 e. The average molecular weight is 300 g/mol. The minimum atomic E-state index is -0.499. The third kappa shape index (κ3) is 2.69. The topological polar surface area (TPSA) is 72.2 Å². The van der Waals surface area contributed by atoms with E-state index in [1.54, 1.807) is 12.1 Å². The molecule has 3 N–H and O–H groups in total. The van der Waals surface area contributed by atoms with Crippen molar-refractivity contribution in [2.24, 2.45) is 5.73 Å². The zero-order valence-electron chi connectivity index (χ0n) is 11.7. The second-order valence-electron chi connectivity index (χ2n) is 5.30. The maximum absolute atomic E-state index is 12.3. The van der Waals surface area contributed by atoms with Crippen molar-refractivity contribution < 1.29 is 9.59 Å². The number of nitrogens with one attached hydrogen (secondary N) is 1. The van der Waals surface area contributed by atoms with Crippen LogP contribution in [0.4, 0.5) is 0 Å². The lowest BCUT2D eigenvalue weighted by atomic mass is 10.1. The quantitative estimate of drug-likeness (QED) is 0.914. The zero-order valence-corrected chi connectivity index (χ0v) is 12.5. The van der Waals surface area contributed by atoms with Gasteiger partial charge in [-0.05, 0) is 43.0 Å². The number of hydrogen-bond donors (Lipinski definition) is 2. The highest BCUT2D eigenvalue weighted by Crippen LogP contribution is 2.32. The van der Waals surface area contributed by atoms with Crippen molar-refractivity contribution in [1.29, 1.82) is 0 Å². The Morgan fingerprint density at radius 1 is 1.24 bits per heavy atom. The molecule has 1 aromatic carbocycles. The fourth-order valence-corrected chi connectivity index (χ4v) is 3.48. The van der Waals surface area contributed by atoms with E-state index in [0.29, 0.717) is 9.75 Å². The molecule has 1 atom stereocenters. The summed E-state index contributed by atoms with van der Waals surface area (Å²) < 4.78 is 0. The summed E-state index contributed by atoms with van der Waals surface area (Å²) >= 11 is 1.13. The highest BCUT2D eigenvalue weighted by atomic mass is 32.1. The Bertz CT molecular complexity index is 721. The molecule has 1 heterocycles. The number of nitrogens with two attached hydrogens (primary N) is 1. The number of primary amides is 1. The molecule has 0 saturated heterocycles. The van der Waals surface area contributed by atoms with Crippen molar-refractivity contribution in [2.45, 2.75) is 25.8 Å². The Morgan fingerprint density at radius 3 is 2.71 bits per heavy atom. The Balaban J connectivity index is 1.76. The van der Waals surface area contributed by atoms with Crippen molar-refractivity contribution >= 4 is 23.2 Å². The molecule has 4 nitrogen and oxygen atoms in total. The van der Waals surface area contributed by atoms with Crippen LogP contribution in [0.15, 0.2) is 30.3 Å². The Morgan fingerprint density at radius 2 is 2.00 bits per heavy atom. The first-order valence-corrected chi connectivity index (χ1v) is 7.66. The summed E-state index contributed by atoms with van der Waals surface area (Å²) in [5.74, 6) is -0.647. The molecule has 1 aliphatic rings. The van der Waals surface area contributed by atoms with E-state index in [9.17, 15) is 9.59 Å². The Hall–Kier alpha value is -2.14. The number of carbonyl (C=O) groups is 2. The van der Waals surface area contributed by atoms with Gasteiger partial charge < -0.3 is 11.1 Å². The normalized spacial score (nSPS) is 16.5. The minimum Gasteiger partial charge on any atom is -0.365 e. The van der Waals surface area contributed by atoms with Crippen LogP contribution >= 0.6 is 11.3 Å². The van der Waals surface area contributed by atoms with Crippen LogP contribution in [0.5, 0.6) is 0 Å². The maximum atomic E-state index is 12.3. The SMILES string of the molecule is Cc1ccc2c(c1)CC[C@H]2NC(=O)c1ccc(C(N)=O)s1. The van der Waals surface area contributed by atoms with Crippen molar-refractivity contribution in [2.75, 3.05) is 0 Å². The van der Waals surface area contributed by atoms with Gasteiger partial charge in [-0.2, -0.15) is 0 Å². The van der Waals surface area contributed by atoms with Gasteiger partial charge in [-0.1, -0.05) is 23.8 Å². The number of rotatable bonds is 3.